The molecule has 118 valence electrons. The number of primary amides is 1. The van der Waals surface area contributed by atoms with Crippen molar-refractivity contribution in [1.29, 1.82) is 0 Å². The Morgan fingerprint density at radius 3 is 2.48 bits per heavy atom. The van der Waals surface area contributed by atoms with E-state index in [0.29, 0.717) is 24.2 Å². The first-order valence-electron chi connectivity index (χ1n) is 6.82. The molecule has 8 nitrogen and oxygen atoms in total. The van der Waals surface area contributed by atoms with Crippen molar-refractivity contribution in [3.8, 4) is 0 Å². The first-order valence-corrected chi connectivity index (χ1v) is 8.26. The van der Waals surface area contributed by atoms with Crippen molar-refractivity contribution in [1.82, 2.24) is 14.5 Å². The van der Waals surface area contributed by atoms with E-state index < -0.39 is 22.0 Å². The Labute approximate surface area is 123 Å². The fourth-order valence-corrected chi connectivity index (χ4v) is 5.22. The van der Waals surface area contributed by atoms with Crippen LogP contribution in [0.1, 0.15) is 30.7 Å². The van der Waals surface area contributed by atoms with Crippen molar-refractivity contribution in [3.63, 3.8) is 0 Å². The Morgan fingerprint density at radius 2 is 2.00 bits per heavy atom. The van der Waals surface area contributed by atoms with Gasteiger partial charge in [0, 0.05) is 25.0 Å². The van der Waals surface area contributed by atoms with Crippen LogP contribution in [0, 0.1) is 13.8 Å². The number of carbonyl (C=O) groups excluding carboxylic acids is 1. The number of hydrogen-bond donors (Lipinski definition) is 3. The van der Waals surface area contributed by atoms with Crippen LogP contribution in [0.5, 0.6) is 0 Å². The molecule has 1 aromatic heterocycles. The molecular formula is C12H21N5O3S. The lowest BCUT2D eigenvalue weighted by molar-refractivity contribution is -0.118. The second kappa shape index (κ2) is 5.74. The maximum atomic E-state index is 13.0. The summed E-state index contributed by atoms with van der Waals surface area (Å²) in [6.45, 7) is 3.50. The van der Waals surface area contributed by atoms with Crippen LogP contribution in [0.2, 0.25) is 0 Å². The third-order valence-corrected chi connectivity index (χ3v) is 6.13. The average Bonchev–Trinajstić information content (AvgIpc) is 2.93. The van der Waals surface area contributed by atoms with Gasteiger partial charge in [-0.2, -0.15) is 9.40 Å². The number of aryl methyl sites for hydroxylation is 2. The zero-order chi connectivity index (χ0) is 15.8. The fourth-order valence-electron chi connectivity index (χ4n) is 3.00. The van der Waals surface area contributed by atoms with Gasteiger partial charge in [0.25, 0.3) is 0 Å². The zero-order valence-electron chi connectivity index (χ0n) is 12.2. The number of amides is 1. The number of aromatic amines is 1. The Kier molecular flexibility index (Phi) is 4.35. The Hall–Kier alpha value is -1.45. The topological polar surface area (TPSA) is 135 Å². The Balaban J connectivity index is 2.46. The van der Waals surface area contributed by atoms with Crippen LogP contribution in [-0.2, 0) is 14.8 Å². The second-order valence-electron chi connectivity index (χ2n) is 5.39. The Morgan fingerprint density at radius 1 is 1.38 bits per heavy atom. The molecule has 1 saturated heterocycles. The summed E-state index contributed by atoms with van der Waals surface area (Å²) in [5.41, 5.74) is 11.8. The van der Waals surface area contributed by atoms with Crippen molar-refractivity contribution in [2.24, 2.45) is 11.5 Å². The highest BCUT2D eigenvalue weighted by Gasteiger charge is 2.43. The lowest BCUT2D eigenvalue weighted by atomic mass is 10.1. The number of nitrogens with two attached hydrogens (primary N) is 2. The summed E-state index contributed by atoms with van der Waals surface area (Å²) in [4.78, 5) is 11.4. The minimum Gasteiger partial charge on any atom is -0.370 e. The van der Waals surface area contributed by atoms with Crippen molar-refractivity contribution < 1.29 is 13.2 Å². The molecule has 1 amide bonds. The number of nitrogens with zero attached hydrogens (tertiary/aromatic N) is 2. The number of sulfonamides is 1. The van der Waals surface area contributed by atoms with Gasteiger partial charge in [-0.25, -0.2) is 8.42 Å². The summed E-state index contributed by atoms with van der Waals surface area (Å²) in [6.07, 6.45) is 1.22. The van der Waals surface area contributed by atoms with E-state index in [4.69, 9.17) is 11.5 Å². The molecule has 0 saturated carbocycles. The third-order valence-electron chi connectivity index (χ3n) is 3.86. The highest BCUT2D eigenvalue weighted by Crippen LogP contribution is 2.33. The van der Waals surface area contributed by atoms with Crippen molar-refractivity contribution >= 4 is 15.9 Å². The molecule has 2 rings (SSSR count). The van der Waals surface area contributed by atoms with Gasteiger partial charge in [0.2, 0.25) is 15.9 Å². The molecule has 1 aliphatic rings. The molecule has 2 heterocycles. The van der Waals surface area contributed by atoms with E-state index >= 15 is 0 Å². The second-order valence-corrected chi connectivity index (χ2v) is 7.17. The number of aromatic nitrogens is 2. The van der Waals surface area contributed by atoms with E-state index in [9.17, 15) is 13.2 Å². The molecular weight excluding hydrogens is 294 g/mol. The minimum atomic E-state index is -3.76. The lowest BCUT2D eigenvalue weighted by Crippen LogP contribution is -2.45. The summed E-state index contributed by atoms with van der Waals surface area (Å²) in [5.74, 6) is -0.515. The van der Waals surface area contributed by atoms with Crippen LogP contribution in [0.3, 0.4) is 0 Å². The number of hydrogen-bond acceptors (Lipinski definition) is 5. The van der Waals surface area contributed by atoms with Crippen LogP contribution >= 0.6 is 0 Å². The zero-order valence-corrected chi connectivity index (χ0v) is 13.0. The highest BCUT2D eigenvalue weighted by atomic mass is 32.2. The van der Waals surface area contributed by atoms with Gasteiger partial charge in [0.1, 0.15) is 4.90 Å². The quantitative estimate of drug-likeness (QED) is 0.665. The summed E-state index contributed by atoms with van der Waals surface area (Å²) in [7, 11) is -3.76. The van der Waals surface area contributed by atoms with E-state index in [1.807, 2.05) is 0 Å². The molecule has 0 aromatic carbocycles. The first-order chi connectivity index (χ1) is 9.78. The molecule has 2 atom stereocenters. The molecule has 0 aliphatic carbocycles. The van der Waals surface area contributed by atoms with Crippen molar-refractivity contribution in [2.75, 3.05) is 6.54 Å². The number of rotatable bonds is 5. The normalized spacial score (nSPS) is 23.6. The molecule has 1 fully saturated rings. The minimum absolute atomic E-state index is 0.00563. The van der Waals surface area contributed by atoms with Crippen LogP contribution in [0.4, 0.5) is 0 Å². The van der Waals surface area contributed by atoms with Gasteiger partial charge < -0.3 is 11.5 Å². The molecule has 1 aliphatic heterocycles. The van der Waals surface area contributed by atoms with Crippen LogP contribution < -0.4 is 11.5 Å². The average molecular weight is 315 g/mol. The fraction of sp³-hybridized carbons (Fsp3) is 0.667. The van der Waals surface area contributed by atoms with Gasteiger partial charge in [-0.05, 0) is 26.7 Å². The lowest BCUT2D eigenvalue weighted by Gasteiger charge is -2.28. The highest BCUT2D eigenvalue weighted by molar-refractivity contribution is 7.89. The number of H-pyrrole nitrogens is 1. The summed E-state index contributed by atoms with van der Waals surface area (Å²) in [5, 5.41) is 6.61. The molecule has 9 heteroatoms. The number of nitrogens with one attached hydrogen (secondary N) is 1. The van der Waals surface area contributed by atoms with Gasteiger partial charge in [-0.1, -0.05) is 0 Å². The largest absolute Gasteiger partial charge is 0.370 e. The predicted molar refractivity (Wildman–Crippen MR) is 76.8 cm³/mol. The summed E-state index contributed by atoms with van der Waals surface area (Å²) >= 11 is 0. The van der Waals surface area contributed by atoms with Gasteiger partial charge >= 0.3 is 0 Å². The van der Waals surface area contributed by atoms with Crippen LogP contribution in [-0.4, -0.2) is 47.5 Å². The summed E-state index contributed by atoms with van der Waals surface area (Å²) in [6, 6.07) is -0.747. The van der Waals surface area contributed by atoms with E-state index in [2.05, 4.69) is 10.2 Å². The van der Waals surface area contributed by atoms with Gasteiger partial charge in [0.15, 0.2) is 0 Å². The molecule has 0 bridgehead atoms. The predicted octanol–water partition coefficient (Wildman–Crippen LogP) is -0.618. The first kappa shape index (κ1) is 15.9. The molecule has 0 radical (unpaired) electrons. The van der Waals surface area contributed by atoms with Crippen molar-refractivity contribution in [2.45, 2.75) is 50.1 Å². The van der Waals surface area contributed by atoms with E-state index in [0.717, 1.165) is 0 Å². The SMILES string of the molecule is Cc1n[nH]c(C)c1S(=O)(=O)N1[C@H](CN)CC[C@@H]1CC(N)=O. The van der Waals surface area contributed by atoms with E-state index in [1.165, 1.54) is 4.31 Å². The van der Waals surface area contributed by atoms with Gasteiger partial charge in [-0.3, -0.25) is 9.89 Å². The van der Waals surface area contributed by atoms with Gasteiger partial charge in [0.05, 0.1) is 11.4 Å². The van der Waals surface area contributed by atoms with E-state index in [-0.39, 0.29) is 23.9 Å². The Bertz CT molecular complexity index is 620. The summed E-state index contributed by atoms with van der Waals surface area (Å²) < 4.78 is 27.3. The van der Waals surface area contributed by atoms with E-state index in [1.54, 1.807) is 13.8 Å². The third kappa shape index (κ3) is 2.81. The maximum Gasteiger partial charge on any atom is 0.247 e. The molecule has 1 aromatic rings. The van der Waals surface area contributed by atoms with Crippen LogP contribution in [0.15, 0.2) is 4.90 Å². The van der Waals surface area contributed by atoms with Gasteiger partial charge in [-0.15, -0.1) is 0 Å². The smallest absolute Gasteiger partial charge is 0.247 e. The van der Waals surface area contributed by atoms with Crippen molar-refractivity contribution in [3.05, 3.63) is 11.4 Å². The molecule has 5 N–H and O–H groups in total. The maximum absolute atomic E-state index is 13.0. The standard InChI is InChI=1S/C12H21N5O3S/c1-7-12(8(2)16-15-7)21(19,20)17-9(5-11(14)18)3-4-10(17)6-13/h9-10H,3-6,13H2,1-2H3,(H2,14,18)(H,15,16)/t9-,10+/m1/s1. The molecule has 21 heavy (non-hydrogen) atoms. The van der Waals surface area contributed by atoms with Crippen LogP contribution in [0.25, 0.3) is 0 Å². The monoisotopic (exact) mass is 315 g/mol. The molecule has 0 unspecified atom stereocenters. The number of carbonyl (C=O) groups is 1. The molecule has 0 spiro atoms.